The Bertz CT molecular complexity index is 597. The van der Waals surface area contributed by atoms with Crippen LogP contribution in [-0.4, -0.2) is 45.5 Å². The lowest BCUT2D eigenvalue weighted by atomic mass is 9.98. The molecule has 0 N–H and O–H groups in total. The first-order chi connectivity index (χ1) is 11.0. The summed E-state index contributed by atoms with van der Waals surface area (Å²) in [5.74, 6) is -0.204. The van der Waals surface area contributed by atoms with Gasteiger partial charge in [0, 0.05) is 27.8 Å². The third kappa shape index (κ3) is 3.03. The van der Waals surface area contributed by atoms with Gasteiger partial charge in [0.2, 0.25) is 5.91 Å². The highest BCUT2D eigenvalue weighted by Gasteiger charge is 2.61. The van der Waals surface area contributed by atoms with Crippen LogP contribution in [-0.2, 0) is 14.3 Å². The van der Waals surface area contributed by atoms with Gasteiger partial charge in [-0.05, 0) is 25.5 Å². The lowest BCUT2D eigenvalue weighted by Gasteiger charge is -2.35. The number of nitrogens with zero attached hydrogens (tertiary/aromatic N) is 1. The van der Waals surface area contributed by atoms with Crippen molar-refractivity contribution in [1.29, 1.82) is 0 Å². The van der Waals surface area contributed by atoms with Gasteiger partial charge in [0.1, 0.15) is 6.04 Å². The number of hydrogen-bond acceptors (Lipinski definition) is 4. The highest BCUT2D eigenvalue weighted by Crippen LogP contribution is 2.52. The Morgan fingerprint density at radius 1 is 1.35 bits per heavy atom. The zero-order chi connectivity index (χ0) is 16.6. The standard InChI is InChI=1S/C17H20BrNO3S/c1-3-22-17(21)14-12-9-13(18)15(19(14)10(2)20)16(12)23-11-7-5-4-6-8-11/h4-8,12-16H,3,9H2,1-2H3/t12-,13+,14+,15-,16-/m0/s1. The maximum atomic E-state index is 12.4. The molecule has 3 rings (SSSR count). The number of benzene rings is 1. The van der Waals surface area contributed by atoms with Crippen molar-refractivity contribution >= 4 is 39.6 Å². The predicted octanol–water partition coefficient (Wildman–Crippen LogP) is 3.09. The lowest BCUT2D eigenvalue weighted by Crippen LogP contribution is -2.52. The van der Waals surface area contributed by atoms with Gasteiger partial charge >= 0.3 is 5.97 Å². The molecule has 1 aliphatic heterocycles. The molecule has 6 heteroatoms. The summed E-state index contributed by atoms with van der Waals surface area (Å²) in [6.07, 6.45) is 0.891. The molecule has 2 aliphatic rings. The molecule has 0 radical (unpaired) electrons. The molecule has 0 unspecified atom stereocenters. The molecule has 1 saturated carbocycles. The highest BCUT2D eigenvalue weighted by atomic mass is 79.9. The molecular weight excluding hydrogens is 378 g/mol. The minimum atomic E-state index is -0.451. The van der Waals surface area contributed by atoms with E-state index in [1.165, 1.54) is 11.8 Å². The Morgan fingerprint density at radius 2 is 2.04 bits per heavy atom. The van der Waals surface area contributed by atoms with E-state index < -0.39 is 6.04 Å². The molecule has 0 aromatic heterocycles. The molecule has 2 bridgehead atoms. The van der Waals surface area contributed by atoms with Gasteiger partial charge in [0.15, 0.2) is 0 Å². The number of piperidine rings is 1. The smallest absolute Gasteiger partial charge is 0.329 e. The van der Waals surface area contributed by atoms with E-state index in [-0.39, 0.29) is 33.9 Å². The van der Waals surface area contributed by atoms with Crippen molar-refractivity contribution in [2.75, 3.05) is 6.61 Å². The monoisotopic (exact) mass is 397 g/mol. The summed E-state index contributed by atoms with van der Waals surface area (Å²) in [5.41, 5.74) is 0. The predicted molar refractivity (Wildman–Crippen MR) is 93.6 cm³/mol. The minimum Gasteiger partial charge on any atom is -0.464 e. The third-order valence-electron chi connectivity index (χ3n) is 4.56. The fourth-order valence-corrected chi connectivity index (χ4v) is 6.50. The molecule has 1 amide bonds. The number of likely N-dealkylation sites (tertiary alicyclic amines) is 1. The quantitative estimate of drug-likeness (QED) is 0.578. The van der Waals surface area contributed by atoms with E-state index in [0.717, 1.165) is 6.42 Å². The number of amides is 1. The van der Waals surface area contributed by atoms with E-state index in [1.54, 1.807) is 23.6 Å². The summed E-state index contributed by atoms with van der Waals surface area (Å²) >= 11 is 5.48. The second-order valence-corrected chi connectivity index (χ2v) is 8.35. The fourth-order valence-electron chi connectivity index (χ4n) is 3.76. The molecule has 1 aromatic rings. The van der Waals surface area contributed by atoms with Crippen LogP contribution in [0.2, 0.25) is 0 Å². The maximum absolute atomic E-state index is 12.4. The first-order valence-electron chi connectivity index (χ1n) is 7.86. The fraction of sp³-hybridized carbons (Fsp3) is 0.529. The van der Waals surface area contributed by atoms with E-state index in [4.69, 9.17) is 4.74 Å². The zero-order valence-corrected chi connectivity index (χ0v) is 15.5. The SMILES string of the molecule is CCOC(=O)[C@H]1[C@@H]2C[C@@H](Br)[C@@H]([C@H]2Sc2ccccc2)N1C(C)=O. The van der Waals surface area contributed by atoms with Gasteiger partial charge in [-0.1, -0.05) is 34.1 Å². The van der Waals surface area contributed by atoms with Crippen LogP contribution in [0.25, 0.3) is 0 Å². The largest absolute Gasteiger partial charge is 0.464 e. The van der Waals surface area contributed by atoms with Crippen molar-refractivity contribution in [2.24, 2.45) is 5.92 Å². The Hall–Kier alpha value is -1.01. The Kier molecular flexibility index (Phi) is 5.01. The number of carbonyl (C=O) groups excluding carboxylic acids is 2. The highest BCUT2D eigenvalue weighted by molar-refractivity contribution is 9.09. The van der Waals surface area contributed by atoms with Crippen LogP contribution in [0.5, 0.6) is 0 Å². The van der Waals surface area contributed by atoms with Gasteiger partial charge in [-0.3, -0.25) is 4.79 Å². The molecule has 0 spiro atoms. The summed E-state index contributed by atoms with van der Waals surface area (Å²) in [4.78, 5) is 27.7. The summed E-state index contributed by atoms with van der Waals surface area (Å²) in [5, 5.41) is 0.208. The first-order valence-corrected chi connectivity index (χ1v) is 9.65. The van der Waals surface area contributed by atoms with Crippen molar-refractivity contribution in [2.45, 2.75) is 47.3 Å². The maximum Gasteiger partial charge on any atom is 0.329 e. The van der Waals surface area contributed by atoms with Crippen molar-refractivity contribution < 1.29 is 14.3 Å². The average Bonchev–Trinajstić information content (AvgIpc) is 2.99. The molecule has 1 aliphatic carbocycles. The second kappa shape index (κ2) is 6.85. The molecule has 5 atom stereocenters. The van der Waals surface area contributed by atoms with Gasteiger partial charge in [-0.25, -0.2) is 4.79 Å². The molecule has 1 aromatic carbocycles. The topological polar surface area (TPSA) is 46.6 Å². The number of thioether (sulfide) groups is 1. The van der Waals surface area contributed by atoms with Gasteiger partial charge in [0.25, 0.3) is 0 Å². The van der Waals surface area contributed by atoms with Crippen molar-refractivity contribution in [1.82, 2.24) is 4.90 Å². The zero-order valence-electron chi connectivity index (χ0n) is 13.1. The summed E-state index contributed by atoms with van der Waals surface area (Å²) in [6, 6.07) is 9.73. The molecule has 23 heavy (non-hydrogen) atoms. The van der Waals surface area contributed by atoms with Crippen LogP contribution in [0.15, 0.2) is 35.2 Å². The van der Waals surface area contributed by atoms with E-state index in [2.05, 4.69) is 28.1 Å². The van der Waals surface area contributed by atoms with E-state index in [0.29, 0.717) is 6.61 Å². The third-order valence-corrected chi connectivity index (χ3v) is 6.92. The van der Waals surface area contributed by atoms with E-state index >= 15 is 0 Å². The Labute approximate surface area is 149 Å². The molecular formula is C17H20BrNO3S. The number of halogens is 1. The molecule has 1 heterocycles. The van der Waals surface area contributed by atoms with Gasteiger partial charge in [-0.2, -0.15) is 0 Å². The van der Waals surface area contributed by atoms with Crippen LogP contribution >= 0.6 is 27.7 Å². The second-order valence-electron chi connectivity index (χ2n) is 5.92. The molecule has 4 nitrogen and oxygen atoms in total. The van der Waals surface area contributed by atoms with Crippen molar-refractivity contribution in [3.05, 3.63) is 30.3 Å². The van der Waals surface area contributed by atoms with Crippen LogP contribution in [0.4, 0.5) is 0 Å². The number of alkyl halides is 1. The van der Waals surface area contributed by atoms with Gasteiger partial charge < -0.3 is 9.64 Å². The van der Waals surface area contributed by atoms with Crippen molar-refractivity contribution in [3.8, 4) is 0 Å². The normalized spacial score (nSPS) is 32.1. The first kappa shape index (κ1) is 16.8. The lowest BCUT2D eigenvalue weighted by molar-refractivity contribution is -0.156. The molecule has 2 fully saturated rings. The number of carbonyl (C=O) groups is 2. The van der Waals surface area contributed by atoms with Gasteiger partial charge in [0.05, 0.1) is 12.6 Å². The summed E-state index contributed by atoms with van der Waals surface area (Å²) in [7, 11) is 0. The minimum absolute atomic E-state index is 0.0251. The van der Waals surface area contributed by atoms with Crippen LogP contribution < -0.4 is 0 Å². The number of hydrogen-bond donors (Lipinski definition) is 0. The number of rotatable bonds is 4. The van der Waals surface area contributed by atoms with E-state index in [9.17, 15) is 9.59 Å². The number of ether oxygens (including phenoxy) is 1. The Morgan fingerprint density at radius 3 is 2.65 bits per heavy atom. The molecule has 1 saturated heterocycles. The number of esters is 1. The average molecular weight is 398 g/mol. The Balaban J connectivity index is 1.89. The summed E-state index contributed by atoms with van der Waals surface area (Å²) < 4.78 is 5.24. The van der Waals surface area contributed by atoms with E-state index in [1.807, 2.05) is 18.2 Å². The van der Waals surface area contributed by atoms with Crippen LogP contribution in [0, 0.1) is 5.92 Å². The summed E-state index contributed by atoms with van der Waals surface area (Å²) in [6.45, 7) is 3.68. The van der Waals surface area contributed by atoms with Crippen LogP contribution in [0.3, 0.4) is 0 Å². The molecule has 124 valence electrons. The number of fused-ring (bicyclic) bond motifs is 2. The van der Waals surface area contributed by atoms with Crippen molar-refractivity contribution in [3.63, 3.8) is 0 Å². The van der Waals surface area contributed by atoms with Gasteiger partial charge in [-0.15, -0.1) is 11.8 Å². The van der Waals surface area contributed by atoms with Crippen LogP contribution in [0.1, 0.15) is 20.3 Å².